The number of hydrogen-bond acceptors (Lipinski definition) is 6. The fraction of sp³-hybridized carbons (Fsp3) is 0.533. The summed E-state index contributed by atoms with van der Waals surface area (Å²) < 4.78 is 55.0. The number of primary sulfonamides is 1. The van der Waals surface area contributed by atoms with Crippen molar-refractivity contribution in [2.75, 3.05) is 52.5 Å². The monoisotopic (exact) mass is 418 g/mol. The molecule has 0 saturated carbocycles. The third kappa shape index (κ3) is 4.41. The lowest BCUT2D eigenvalue weighted by Gasteiger charge is -2.38. The number of carbonyl (C=O) groups is 1. The van der Waals surface area contributed by atoms with Gasteiger partial charge < -0.3 is 14.5 Å². The van der Waals surface area contributed by atoms with E-state index in [9.17, 15) is 21.6 Å². The van der Waals surface area contributed by atoms with Crippen molar-refractivity contribution in [2.24, 2.45) is 5.14 Å². The molecule has 2 aliphatic rings. The summed E-state index contributed by atoms with van der Waals surface area (Å²) in [6.07, 6.45) is 0. The maximum atomic E-state index is 12.8. The smallest absolute Gasteiger partial charge is 0.320 e. The topological polar surface area (TPSA) is 130 Å². The zero-order valence-corrected chi connectivity index (χ0v) is 16.3. The van der Waals surface area contributed by atoms with Crippen LogP contribution in [0.3, 0.4) is 0 Å². The summed E-state index contributed by atoms with van der Waals surface area (Å²) in [4.78, 5) is 15.4. The molecular weight excluding hydrogens is 396 g/mol. The Bertz CT molecular complexity index is 904. The van der Waals surface area contributed by atoms with Crippen LogP contribution in [-0.4, -0.2) is 89.5 Å². The molecule has 10 nitrogen and oxygen atoms in total. The Balaban J connectivity index is 1.69. The van der Waals surface area contributed by atoms with Gasteiger partial charge in [0, 0.05) is 39.3 Å². The Labute approximate surface area is 158 Å². The molecule has 27 heavy (non-hydrogen) atoms. The minimum Gasteiger partial charge on any atom is -0.378 e. The largest absolute Gasteiger partial charge is 0.378 e. The second-order valence-corrected chi connectivity index (χ2v) is 9.79. The average molecular weight is 418 g/mol. The molecule has 12 heteroatoms. The van der Waals surface area contributed by atoms with Gasteiger partial charge in [-0.3, -0.25) is 0 Å². The van der Waals surface area contributed by atoms with Crippen LogP contribution in [0.15, 0.2) is 34.1 Å². The predicted octanol–water partition coefficient (Wildman–Crippen LogP) is -0.907. The Hall–Kier alpha value is -1.73. The number of nitrogens with zero attached hydrogens (tertiary/aromatic N) is 3. The lowest BCUT2D eigenvalue weighted by Crippen LogP contribution is -2.55. The van der Waals surface area contributed by atoms with Gasteiger partial charge in [0.15, 0.2) is 0 Å². The zero-order valence-electron chi connectivity index (χ0n) is 14.7. The van der Waals surface area contributed by atoms with Crippen molar-refractivity contribution >= 4 is 26.1 Å². The zero-order chi connectivity index (χ0) is 19.7. The predicted molar refractivity (Wildman–Crippen MR) is 95.9 cm³/mol. The molecule has 1 aromatic carbocycles. The van der Waals surface area contributed by atoms with Gasteiger partial charge in [0.1, 0.15) is 0 Å². The Morgan fingerprint density at radius 2 is 1.44 bits per heavy atom. The Morgan fingerprint density at radius 1 is 0.889 bits per heavy atom. The maximum Gasteiger partial charge on any atom is 0.320 e. The van der Waals surface area contributed by atoms with Gasteiger partial charge in [0.05, 0.1) is 23.0 Å². The van der Waals surface area contributed by atoms with Crippen LogP contribution in [0, 0.1) is 0 Å². The van der Waals surface area contributed by atoms with E-state index in [2.05, 4.69) is 0 Å². The number of rotatable bonds is 3. The van der Waals surface area contributed by atoms with E-state index in [0.717, 1.165) is 6.07 Å². The molecule has 0 aromatic heterocycles. The molecule has 0 atom stereocenters. The molecule has 1 aromatic rings. The number of ether oxygens (including phenoxy) is 1. The van der Waals surface area contributed by atoms with Crippen LogP contribution in [0.2, 0.25) is 0 Å². The van der Waals surface area contributed by atoms with Crippen molar-refractivity contribution in [3.8, 4) is 0 Å². The summed E-state index contributed by atoms with van der Waals surface area (Å²) in [7, 11) is -7.88. The lowest BCUT2D eigenvalue weighted by atomic mass is 10.3. The van der Waals surface area contributed by atoms with Crippen molar-refractivity contribution in [3.05, 3.63) is 24.3 Å². The van der Waals surface area contributed by atoms with E-state index in [1.807, 2.05) is 0 Å². The van der Waals surface area contributed by atoms with Crippen LogP contribution < -0.4 is 5.14 Å². The standard InChI is InChI=1S/C15H22N4O6S2/c16-26(21,22)13-2-1-3-14(12-13)27(23,24)19-6-4-17(5-7-19)15(20)18-8-10-25-11-9-18/h1-3,12H,4-11H2,(H2,16,21,22). The van der Waals surface area contributed by atoms with E-state index in [0.29, 0.717) is 26.3 Å². The summed E-state index contributed by atoms with van der Waals surface area (Å²) in [6.45, 7) is 2.86. The van der Waals surface area contributed by atoms with Crippen molar-refractivity contribution < 1.29 is 26.4 Å². The highest BCUT2D eigenvalue weighted by Crippen LogP contribution is 2.21. The summed E-state index contributed by atoms with van der Waals surface area (Å²) in [5, 5.41) is 5.08. The number of benzene rings is 1. The molecule has 0 bridgehead atoms. The van der Waals surface area contributed by atoms with Gasteiger partial charge in [-0.15, -0.1) is 0 Å². The summed E-state index contributed by atoms with van der Waals surface area (Å²) >= 11 is 0. The SMILES string of the molecule is NS(=O)(=O)c1cccc(S(=O)(=O)N2CCN(C(=O)N3CCOCC3)CC2)c1. The van der Waals surface area contributed by atoms with Gasteiger partial charge in [-0.25, -0.2) is 26.8 Å². The van der Waals surface area contributed by atoms with E-state index in [-0.39, 0.29) is 42.0 Å². The Kier molecular flexibility index (Phi) is 5.72. The number of urea groups is 1. The molecule has 2 N–H and O–H groups in total. The van der Waals surface area contributed by atoms with Gasteiger partial charge in [-0.05, 0) is 18.2 Å². The van der Waals surface area contributed by atoms with E-state index >= 15 is 0 Å². The van der Waals surface area contributed by atoms with E-state index in [4.69, 9.17) is 9.88 Å². The molecule has 0 radical (unpaired) electrons. The van der Waals surface area contributed by atoms with E-state index < -0.39 is 20.0 Å². The number of hydrogen-bond donors (Lipinski definition) is 1. The normalized spacial score (nSPS) is 19.9. The second-order valence-electron chi connectivity index (χ2n) is 6.29. The quantitative estimate of drug-likeness (QED) is 0.676. The van der Waals surface area contributed by atoms with Crippen molar-refractivity contribution in [1.82, 2.24) is 14.1 Å². The number of carbonyl (C=O) groups excluding carboxylic acids is 1. The van der Waals surface area contributed by atoms with Gasteiger partial charge in [0.25, 0.3) is 0 Å². The summed E-state index contributed by atoms with van der Waals surface area (Å²) in [5.74, 6) is 0. The van der Waals surface area contributed by atoms with E-state index in [1.54, 1.807) is 9.80 Å². The van der Waals surface area contributed by atoms with Gasteiger partial charge in [-0.1, -0.05) is 6.07 Å². The molecule has 150 valence electrons. The van der Waals surface area contributed by atoms with Gasteiger partial charge >= 0.3 is 6.03 Å². The lowest BCUT2D eigenvalue weighted by molar-refractivity contribution is 0.0405. The first-order valence-corrected chi connectivity index (χ1v) is 11.4. The number of nitrogens with two attached hydrogens (primary N) is 1. The van der Waals surface area contributed by atoms with Crippen LogP contribution >= 0.6 is 0 Å². The highest BCUT2D eigenvalue weighted by Gasteiger charge is 2.32. The highest BCUT2D eigenvalue weighted by molar-refractivity contribution is 7.90. The van der Waals surface area contributed by atoms with Crippen LogP contribution in [-0.2, 0) is 24.8 Å². The number of morpholine rings is 1. The maximum absolute atomic E-state index is 12.8. The number of amides is 2. The molecule has 2 saturated heterocycles. The van der Waals surface area contributed by atoms with Crippen LogP contribution in [0.1, 0.15) is 0 Å². The van der Waals surface area contributed by atoms with E-state index in [1.165, 1.54) is 22.5 Å². The van der Waals surface area contributed by atoms with Crippen LogP contribution in [0.5, 0.6) is 0 Å². The highest BCUT2D eigenvalue weighted by atomic mass is 32.2. The molecule has 2 fully saturated rings. The minimum atomic E-state index is -4.00. The summed E-state index contributed by atoms with van der Waals surface area (Å²) in [6, 6.07) is 4.84. The molecule has 3 rings (SSSR count). The minimum absolute atomic E-state index is 0.119. The second kappa shape index (κ2) is 7.72. The van der Waals surface area contributed by atoms with Gasteiger partial charge in [0.2, 0.25) is 20.0 Å². The first kappa shape index (κ1) is 20.0. The first-order chi connectivity index (χ1) is 12.7. The first-order valence-electron chi connectivity index (χ1n) is 8.44. The molecule has 0 aliphatic carbocycles. The molecule has 0 unspecified atom stereocenters. The molecule has 2 heterocycles. The summed E-state index contributed by atoms with van der Waals surface area (Å²) in [5.41, 5.74) is 0. The molecule has 0 spiro atoms. The number of piperazine rings is 1. The fourth-order valence-electron chi connectivity index (χ4n) is 3.04. The van der Waals surface area contributed by atoms with Crippen molar-refractivity contribution in [1.29, 1.82) is 0 Å². The van der Waals surface area contributed by atoms with Gasteiger partial charge in [-0.2, -0.15) is 4.31 Å². The number of sulfonamides is 2. The molecule has 2 amide bonds. The van der Waals surface area contributed by atoms with Crippen molar-refractivity contribution in [3.63, 3.8) is 0 Å². The third-order valence-electron chi connectivity index (χ3n) is 4.56. The Morgan fingerprint density at radius 3 is 2.04 bits per heavy atom. The fourth-order valence-corrected chi connectivity index (χ4v) is 5.14. The van der Waals surface area contributed by atoms with Crippen LogP contribution in [0.4, 0.5) is 4.79 Å². The third-order valence-corrected chi connectivity index (χ3v) is 7.37. The average Bonchev–Trinajstić information content (AvgIpc) is 2.67. The molecular formula is C15H22N4O6S2. The van der Waals surface area contributed by atoms with Crippen molar-refractivity contribution in [2.45, 2.75) is 9.79 Å². The molecule has 2 aliphatic heterocycles. The van der Waals surface area contributed by atoms with Crippen LogP contribution in [0.25, 0.3) is 0 Å².